The average molecular weight is 158 g/mol. The van der Waals surface area contributed by atoms with E-state index in [1.165, 1.54) is 0 Å². The molecule has 6 heteroatoms. The molecule has 54 valence electrons. The molecule has 1 heterocycles. The fourth-order valence-electron chi connectivity index (χ4n) is 0.475. The Morgan fingerprint density at radius 2 is 2.50 bits per heavy atom. The van der Waals surface area contributed by atoms with E-state index in [9.17, 15) is 9.90 Å². The highest BCUT2D eigenvalue weighted by Crippen LogP contribution is 2.11. The van der Waals surface area contributed by atoms with Crippen molar-refractivity contribution in [3.8, 4) is 0 Å². The van der Waals surface area contributed by atoms with E-state index in [1.807, 2.05) is 0 Å². The van der Waals surface area contributed by atoms with E-state index in [2.05, 4.69) is 9.59 Å². The first-order valence-electron chi connectivity index (χ1n) is 2.46. The number of anilines is 1. The molecular formula is C4H4N3O2S-. The first-order chi connectivity index (χ1) is 4.70. The minimum absolute atomic E-state index is 0.262. The molecule has 1 aromatic heterocycles. The van der Waals surface area contributed by atoms with Gasteiger partial charge in [0.15, 0.2) is 0 Å². The summed E-state index contributed by atoms with van der Waals surface area (Å²) in [6.07, 6.45) is -0.262. The van der Waals surface area contributed by atoms with Gasteiger partial charge in [-0.2, -0.15) is 0 Å². The first kappa shape index (κ1) is 6.94. The minimum atomic E-state index is -1.19. The van der Waals surface area contributed by atoms with Crippen molar-refractivity contribution in [3.63, 3.8) is 0 Å². The quantitative estimate of drug-likeness (QED) is 0.560. The van der Waals surface area contributed by atoms with Gasteiger partial charge >= 0.3 is 0 Å². The highest BCUT2D eigenvalue weighted by molar-refractivity contribution is 7.09. The molecule has 0 aliphatic rings. The number of carbonyl (C=O) groups excluding carboxylic acids is 1. The molecule has 0 radical (unpaired) electrons. The van der Waals surface area contributed by atoms with Crippen LogP contribution >= 0.6 is 11.5 Å². The number of carboxylic acid groups (broad SMARTS) is 1. The van der Waals surface area contributed by atoms with Crippen LogP contribution in [0.2, 0.25) is 0 Å². The fourth-order valence-corrected chi connectivity index (χ4v) is 0.921. The monoisotopic (exact) mass is 158 g/mol. The molecule has 0 aliphatic heterocycles. The van der Waals surface area contributed by atoms with Gasteiger partial charge in [-0.25, -0.2) is 0 Å². The zero-order chi connectivity index (χ0) is 7.56. The predicted molar refractivity (Wildman–Crippen MR) is 33.0 cm³/mol. The van der Waals surface area contributed by atoms with Crippen LogP contribution in [0.1, 0.15) is 5.69 Å². The van der Waals surface area contributed by atoms with Gasteiger partial charge in [0.2, 0.25) is 0 Å². The number of carboxylic acids is 1. The molecule has 1 aromatic rings. The number of hydrogen-bond donors (Lipinski definition) is 1. The van der Waals surface area contributed by atoms with Gasteiger partial charge in [-0.1, -0.05) is 4.49 Å². The van der Waals surface area contributed by atoms with Crippen molar-refractivity contribution in [1.29, 1.82) is 0 Å². The lowest BCUT2D eigenvalue weighted by molar-refractivity contribution is -0.304. The molecule has 0 aliphatic carbocycles. The summed E-state index contributed by atoms with van der Waals surface area (Å²) in [6.45, 7) is 0. The Morgan fingerprint density at radius 3 is 2.90 bits per heavy atom. The summed E-state index contributed by atoms with van der Waals surface area (Å²) >= 11 is 0.972. The summed E-state index contributed by atoms with van der Waals surface area (Å²) in [6, 6.07) is 0. The molecule has 0 unspecified atom stereocenters. The van der Waals surface area contributed by atoms with Crippen molar-refractivity contribution in [1.82, 2.24) is 9.59 Å². The summed E-state index contributed by atoms with van der Waals surface area (Å²) < 4.78 is 3.45. The molecule has 2 N–H and O–H groups in total. The number of aromatic nitrogens is 2. The highest BCUT2D eigenvalue weighted by atomic mass is 32.1. The fraction of sp³-hybridized carbons (Fsp3) is 0.250. The van der Waals surface area contributed by atoms with Crippen LogP contribution in [0, 0.1) is 0 Å². The number of nitrogens with zero attached hydrogens (tertiary/aromatic N) is 2. The second-order valence-corrected chi connectivity index (χ2v) is 2.42. The van der Waals surface area contributed by atoms with Gasteiger partial charge in [0.1, 0.15) is 10.7 Å². The van der Waals surface area contributed by atoms with Crippen molar-refractivity contribution in [2.45, 2.75) is 6.42 Å². The Balaban J connectivity index is 2.74. The van der Waals surface area contributed by atoms with E-state index >= 15 is 0 Å². The van der Waals surface area contributed by atoms with Crippen LogP contribution in [0.15, 0.2) is 0 Å². The lowest BCUT2D eigenvalue weighted by atomic mass is 10.3. The molecule has 5 nitrogen and oxygen atoms in total. The molecule has 0 amide bonds. The highest BCUT2D eigenvalue weighted by Gasteiger charge is 2.02. The SMILES string of the molecule is Nc1snnc1CC(=O)[O-]. The van der Waals surface area contributed by atoms with Crippen molar-refractivity contribution >= 4 is 22.5 Å². The number of nitrogen functional groups attached to an aromatic ring is 1. The molecule has 0 fully saturated rings. The lowest BCUT2D eigenvalue weighted by Crippen LogP contribution is -2.24. The van der Waals surface area contributed by atoms with Crippen LogP contribution in [-0.4, -0.2) is 15.6 Å². The molecule has 1 rings (SSSR count). The molecule has 10 heavy (non-hydrogen) atoms. The Bertz CT molecular complexity index is 246. The Morgan fingerprint density at radius 1 is 1.80 bits per heavy atom. The maximum atomic E-state index is 9.99. The zero-order valence-electron chi connectivity index (χ0n) is 4.90. The van der Waals surface area contributed by atoms with Gasteiger partial charge in [0, 0.05) is 23.9 Å². The van der Waals surface area contributed by atoms with Gasteiger partial charge in [0.05, 0.1) is 0 Å². The van der Waals surface area contributed by atoms with Gasteiger partial charge in [-0.05, 0) is 0 Å². The third-order valence-corrected chi connectivity index (χ3v) is 1.49. The second kappa shape index (κ2) is 2.61. The first-order valence-corrected chi connectivity index (χ1v) is 3.24. The third-order valence-electron chi connectivity index (χ3n) is 0.897. The molecular weight excluding hydrogens is 154 g/mol. The molecule has 0 saturated heterocycles. The molecule has 0 aromatic carbocycles. The van der Waals surface area contributed by atoms with Crippen LogP contribution in [0.3, 0.4) is 0 Å². The van der Waals surface area contributed by atoms with E-state index < -0.39 is 5.97 Å². The Kier molecular flexibility index (Phi) is 1.81. The average Bonchev–Trinajstić information content (AvgIpc) is 2.15. The van der Waals surface area contributed by atoms with Gasteiger partial charge in [-0.3, -0.25) is 0 Å². The summed E-state index contributed by atoms with van der Waals surface area (Å²) in [5, 5.41) is 13.8. The van der Waals surface area contributed by atoms with Crippen molar-refractivity contribution in [3.05, 3.63) is 5.69 Å². The summed E-state index contributed by atoms with van der Waals surface area (Å²) in [4.78, 5) is 9.99. The van der Waals surface area contributed by atoms with Gasteiger partial charge in [-0.15, -0.1) is 5.10 Å². The number of hydrogen-bond acceptors (Lipinski definition) is 6. The Labute approximate surface area is 60.6 Å². The van der Waals surface area contributed by atoms with Crippen molar-refractivity contribution in [2.24, 2.45) is 0 Å². The molecule has 0 saturated carbocycles. The van der Waals surface area contributed by atoms with Crippen molar-refractivity contribution in [2.75, 3.05) is 5.73 Å². The van der Waals surface area contributed by atoms with Crippen LogP contribution in [0.4, 0.5) is 5.00 Å². The van der Waals surface area contributed by atoms with Crippen LogP contribution in [-0.2, 0) is 11.2 Å². The number of carbonyl (C=O) groups is 1. The normalized spacial score (nSPS) is 9.60. The standard InChI is InChI=1S/C4H5N3O2S/c5-4-2(1-3(8)9)6-7-10-4/h1,5H2,(H,8,9)/p-1. The summed E-state index contributed by atoms with van der Waals surface area (Å²) in [5.74, 6) is -1.19. The second-order valence-electron chi connectivity index (χ2n) is 1.63. The maximum absolute atomic E-state index is 9.99. The van der Waals surface area contributed by atoms with E-state index in [0.717, 1.165) is 11.5 Å². The zero-order valence-corrected chi connectivity index (χ0v) is 5.72. The van der Waals surface area contributed by atoms with E-state index in [-0.39, 0.29) is 12.1 Å². The van der Waals surface area contributed by atoms with E-state index in [4.69, 9.17) is 5.73 Å². The minimum Gasteiger partial charge on any atom is -0.550 e. The number of aliphatic carboxylic acids is 1. The number of nitrogens with two attached hydrogens (primary N) is 1. The predicted octanol–water partition coefficient (Wildman–Crippen LogP) is -1.59. The van der Waals surface area contributed by atoms with E-state index in [0.29, 0.717) is 5.00 Å². The van der Waals surface area contributed by atoms with Crippen LogP contribution in [0.5, 0.6) is 0 Å². The summed E-state index contributed by atoms with van der Waals surface area (Å²) in [7, 11) is 0. The van der Waals surface area contributed by atoms with Crippen LogP contribution in [0.25, 0.3) is 0 Å². The van der Waals surface area contributed by atoms with Crippen molar-refractivity contribution < 1.29 is 9.90 Å². The smallest absolute Gasteiger partial charge is 0.131 e. The molecule has 0 bridgehead atoms. The van der Waals surface area contributed by atoms with E-state index in [1.54, 1.807) is 0 Å². The summed E-state index contributed by atoms with van der Waals surface area (Å²) in [5.41, 5.74) is 5.57. The largest absolute Gasteiger partial charge is 0.550 e. The third kappa shape index (κ3) is 1.41. The van der Waals surface area contributed by atoms with Gasteiger partial charge in [0.25, 0.3) is 0 Å². The topological polar surface area (TPSA) is 91.9 Å². The van der Waals surface area contributed by atoms with Gasteiger partial charge < -0.3 is 15.6 Å². The Hall–Kier alpha value is -1.17. The molecule has 0 atom stereocenters. The molecule has 0 spiro atoms. The lowest BCUT2D eigenvalue weighted by Gasteiger charge is -1.96. The number of rotatable bonds is 2. The maximum Gasteiger partial charge on any atom is 0.131 e. The van der Waals surface area contributed by atoms with Crippen LogP contribution < -0.4 is 10.8 Å².